The number of nitrogens with zero attached hydrogens (tertiary/aromatic N) is 1. The molecule has 1 saturated carbocycles. The van der Waals surface area contributed by atoms with Crippen LogP contribution in [0.15, 0.2) is 17.2 Å². The first-order valence-electron chi connectivity index (χ1n) is 7.11. The third kappa shape index (κ3) is 3.61. The molecule has 0 aliphatic heterocycles. The van der Waals surface area contributed by atoms with Gasteiger partial charge in [-0.15, -0.1) is 0 Å². The second-order valence-corrected chi connectivity index (χ2v) is 8.79. The first kappa shape index (κ1) is 16.4. The number of halogens is 1. The Balaban J connectivity index is 2.33. The van der Waals surface area contributed by atoms with Crippen molar-refractivity contribution in [2.45, 2.75) is 62.9 Å². The molecule has 0 radical (unpaired) electrons. The van der Waals surface area contributed by atoms with Crippen molar-refractivity contribution in [1.29, 1.82) is 0 Å². The van der Waals surface area contributed by atoms with Crippen molar-refractivity contribution in [2.24, 2.45) is 0 Å². The van der Waals surface area contributed by atoms with Gasteiger partial charge in [0, 0.05) is 28.5 Å². The maximum Gasteiger partial charge on any atom is 0.268 e. The number of aromatic nitrogens is 1. The van der Waals surface area contributed by atoms with E-state index in [-0.39, 0.29) is 22.4 Å². The maximum absolute atomic E-state index is 12.5. The van der Waals surface area contributed by atoms with Gasteiger partial charge in [-0.25, -0.2) is 8.42 Å². The van der Waals surface area contributed by atoms with Crippen LogP contribution < -0.4 is 5.32 Å². The van der Waals surface area contributed by atoms with Crippen molar-refractivity contribution in [3.05, 3.63) is 18.0 Å². The second-order valence-electron chi connectivity index (χ2n) is 6.22. The van der Waals surface area contributed by atoms with Gasteiger partial charge in [-0.05, 0) is 39.7 Å². The summed E-state index contributed by atoms with van der Waals surface area (Å²) in [6, 6.07) is 1.31. The third-order valence-corrected chi connectivity index (χ3v) is 5.34. The van der Waals surface area contributed by atoms with Crippen molar-refractivity contribution in [3.63, 3.8) is 0 Å². The van der Waals surface area contributed by atoms with E-state index in [2.05, 4.69) is 5.32 Å². The molecule has 1 heterocycles. The summed E-state index contributed by atoms with van der Waals surface area (Å²) in [5.41, 5.74) is 0.126. The number of carbonyl (C=O) groups is 1. The van der Waals surface area contributed by atoms with Crippen molar-refractivity contribution in [3.8, 4) is 0 Å². The van der Waals surface area contributed by atoms with Gasteiger partial charge in [-0.2, -0.15) is 0 Å². The summed E-state index contributed by atoms with van der Waals surface area (Å²) in [5, 5.41) is 3.03. The van der Waals surface area contributed by atoms with E-state index in [9.17, 15) is 13.2 Å². The maximum atomic E-state index is 12.5. The Bertz CT molecular complexity index is 643. The van der Waals surface area contributed by atoms with Crippen LogP contribution in [0.4, 0.5) is 0 Å². The van der Waals surface area contributed by atoms with Crippen molar-refractivity contribution < 1.29 is 13.2 Å². The van der Waals surface area contributed by atoms with E-state index in [0.717, 1.165) is 25.7 Å². The summed E-state index contributed by atoms with van der Waals surface area (Å²) in [4.78, 5) is 12.5. The molecule has 0 aromatic carbocycles. The zero-order valence-electron chi connectivity index (χ0n) is 12.5. The highest BCUT2D eigenvalue weighted by Crippen LogP contribution is 2.30. The monoisotopic (exact) mass is 332 g/mol. The normalized spacial score (nSPS) is 18.1. The van der Waals surface area contributed by atoms with Gasteiger partial charge < -0.3 is 9.88 Å². The summed E-state index contributed by atoms with van der Waals surface area (Å²) in [6.45, 7) is 5.80. The van der Waals surface area contributed by atoms with Gasteiger partial charge in [0.2, 0.25) is 0 Å². The molecule has 21 heavy (non-hydrogen) atoms. The fourth-order valence-corrected chi connectivity index (χ4v) is 3.56. The van der Waals surface area contributed by atoms with Crippen LogP contribution in [0, 0.1) is 0 Å². The lowest BCUT2D eigenvalue weighted by atomic mass is 10.0. The van der Waals surface area contributed by atoms with E-state index >= 15 is 0 Å². The second kappa shape index (κ2) is 5.65. The van der Waals surface area contributed by atoms with Crippen LogP contribution in [0.1, 0.15) is 63.0 Å². The van der Waals surface area contributed by atoms with Crippen molar-refractivity contribution in [2.75, 3.05) is 0 Å². The van der Waals surface area contributed by atoms with E-state index in [1.165, 1.54) is 12.3 Å². The standard InChI is InChI=1S/C14H21ClN2O3S/c1-10(2)17-9-11(21(15,19)20)8-12(17)13(18)16-14(3)6-4-5-7-14/h8-10H,4-7H2,1-3H3,(H,16,18). The molecule has 1 aromatic rings. The van der Waals surface area contributed by atoms with Gasteiger partial charge >= 0.3 is 0 Å². The largest absolute Gasteiger partial charge is 0.346 e. The molecule has 0 atom stereocenters. The topological polar surface area (TPSA) is 68.2 Å². The molecule has 1 amide bonds. The predicted molar refractivity (Wildman–Crippen MR) is 82.2 cm³/mol. The Hall–Kier alpha value is -1.01. The number of hydrogen-bond acceptors (Lipinski definition) is 3. The minimum atomic E-state index is -3.84. The molecule has 5 nitrogen and oxygen atoms in total. The van der Waals surface area contributed by atoms with E-state index in [4.69, 9.17) is 10.7 Å². The van der Waals surface area contributed by atoms with Crippen molar-refractivity contribution in [1.82, 2.24) is 9.88 Å². The molecule has 1 aliphatic rings. The van der Waals surface area contributed by atoms with E-state index in [1.54, 1.807) is 4.57 Å². The Morgan fingerprint density at radius 2 is 1.95 bits per heavy atom. The molecule has 0 bridgehead atoms. The van der Waals surface area contributed by atoms with Crippen LogP contribution in [0.5, 0.6) is 0 Å². The summed E-state index contributed by atoms with van der Waals surface area (Å²) < 4.78 is 24.6. The smallest absolute Gasteiger partial charge is 0.268 e. The van der Waals surface area contributed by atoms with Crippen LogP contribution in [0.3, 0.4) is 0 Å². The van der Waals surface area contributed by atoms with Gasteiger partial charge in [-0.3, -0.25) is 4.79 Å². The number of rotatable bonds is 4. The van der Waals surface area contributed by atoms with Gasteiger partial charge in [0.25, 0.3) is 15.0 Å². The van der Waals surface area contributed by atoms with Crippen LogP contribution >= 0.6 is 10.7 Å². The lowest BCUT2D eigenvalue weighted by molar-refractivity contribution is 0.0897. The summed E-state index contributed by atoms with van der Waals surface area (Å²) in [5.74, 6) is -0.250. The van der Waals surface area contributed by atoms with E-state index < -0.39 is 9.05 Å². The highest BCUT2D eigenvalue weighted by Gasteiger charge is 2.32. The highest BCUT2D eigenvalue weighted by atomic mass is 35.7. The van der Waals surface area contributed by atoms with E-state index in [0.29, 0.717) is 5.69 Å². The Morgan fingerprint density at radius 1 is 1.38 bits per heavy atom. The average molecular weight is 333 g/mol. The minimum absolute atomic E-state index is 0.0331. The molecular formula is C14H21ClN2O3S. The minimum Gasteiger partial charge on any atom is -0.346 e. The average Bonchev–Trinajstić information content (AvgIpc) is 2.94. The number of amides is 1. The first-order valence-corrected chi connectivity index (χ1v) is 9.42. The predicted octanol–water partition coefficient (Wildman–Crippen LogP) is 3.06. The molecule has 7 heteroatoms. The third-order valence-electron chi connectivity index (χ3n) is 4.02. The lowest BCUT2D eigenvalue weighted by Crippen LogP contribution is -2.44. The molecule has 1 aliphatic carbocycles. The molecule has 1 aromatic heterocycles. The Morgan fingerprint density at radius 3 is 2.43 bits per heavy atom. The zero-order chi connectivity index (χ0) is 15.8. The molecule has 2 rings (SSSR count). The van der Waals surface area contributed by atoms with Gasteiger partial charge in [0.15, 0.2) is 0 Å². The molecular weight excluding hydrogens is 312 g/mol. The Kier molecular flexibility index (Phi) is 4.40. The molecule has 1 N–H and O–H groups in total. The SMILES string of the molecule is CC(C)n1cc(S(=O)(=O)Cl)cc1C(=O)NC1(C)CCCC1. The number of hydrogen-bond donors (Lipinski definition) is 1. The van der Waals surface area contributed by atoms with Crippen LogP contribution in [-0.2, 0) is 9.05 Å². The molecule has 118 valence electrons. The number of nitrogens with one attached hydrogen (secondary N) is 1. The summed E-state index contributed by atoms with van der Waals surface area (Å²) in [6.07, 6.45) is 5.51. The molecule has 1 fully saturated rings. The van der Waals surface area contributed by atoms with Crippen LogP contribution in [0.25, 0.3) is 0 Å². The molecule has 0 saturated heterocycles. The van der Waals surface area contributed by atoms with Gasteiger partial charge in [0.1, 0.15) is 10.6 Å². The molecule has 0 unspecified atom stereocenters. The first-order chi connectivity index (χ1) is 9.62. The van der Waals surface area contributed by atoms with Crippen molar-refractivity contribution >= 4 is 25.6 Å². The van der Waals surface area contributed by atoms with Crippen LogP contribution in [-0.4, -0.2) is 24.4 Å². The fourth-order valence-electron chi connectivity index (χ4n) is 2.82. The zero-order valence-corrected chi connectivity index (χ0v) is 14.1. The molecule has 0 spiro atoms. The summed E-state index contributed by atoms with van der Waals surface area (Å²) >= 11 is 0. The summed E-state index contributed by atoms with van der Waals surface area (Å²) in [7, 11) is 1.54. The van der Waals surface area contributed by atoms with Gasteiger partial charge in [-0.1, -0.05) is 12.8 Å². The fraction of sp³-hybridized carbons (Fsp3) is 0.643. The van der Waals surface area contributed by atoms with E-state index in [1.807, 2.05) is 20.8 Å². The van der Waals surface area contributed by atoms with Crippen LogP contribution in [0.2, 0.25) is 0 Å². The highest BCUT2D eigenvalue weighted by molar-refractivity contribution is 8.13. The number of carbonyl (C=O) groups excluding carboxylic acids is 1. The van der Waals surface area contributed by atoms with Gasteiger partial charge in [0.05, 0.1) is 0 Å². The Labute approximate surface area is 130 Å². The quantitative estimate of drug-likeness (QED) is 0.861. The lowest BCUT2D eigenvalue weighted by Gasteiger charge is -2.26.